The predicted molar refractivity (Wildman–Crippen MR) is 287 cm³/mol. The molecule has 0 amide bonds. The van der Waals surface area contributed by atoms with E-state index in [1.54, 1.807) is 24.3 Å². The van der Waals surface area contributed by atoms with Crippen LogP contribution in [0, 0.1) is 0 Å². The van der Waals surface area contributed by atoms with Crippen LogP contribution in [0.4, 0.5) is 45.5 Å². The number of nitrogens with zero attached hydrogens (tertiary/aromatic N) is 8. The first-order chi connectivity index (χ1) is 34.3. The first kappa shape index (κ1) is 110. The van der Waals surface area contributed by atoms with Crippen molar-refractivity contribution < 1.29 is 168 Å². The predicted octanol–water partition coefficient (Wildman–Crippen LogP) is -13.6. The number of hydrogen-bond acceptors (Lipinski definition) is 24. The molecular weight excluding hydrogens is 1360 g/mol. The van der Waals surface area contributed by atoms with Gasteiger partial charge < -0.3 is 137 Å². The van der Waals surface area contributed by atoms with Crippen LogP contribution in [-0.2, 0) is 83.2 Å². The Morgan fingerprint density at radius 2 is 0.393 bits per heavy atom. The Morgan fingerprint density at radius 1 is 0.247 bits per heavy atom. The fraction of sp³-hybridized carbons (Fsp3) is 0. The fourth-order valence-electron chi connectivity index (χ4n) is 4.77. The number of hydrogen-bond donors (Lipinski definition) is 8. The van der Waals surface area contributed by atoms with Gasteiger partial charge in [0.2, 0.25) is 0 Å². The first-order valence-electron chi connectivity index (χ1n) is 19.2. The number of nitrogens with one attached hydrogen (secondary N) is 8. The van der Waals surface area contributed by atoms with Crippen molar-refractivity contribution in [3.63, 3.8) is 0 Å². The van der Waals surface area contributed by atoms with Crippen LogP contribution >= 0.6 is 0 Å². The van der Waals surface area contributed by atoms with Crippen LogP contribution in [0.1, 0.15) is 0 Å². The van der Waals surface area contributed by atoms with E-state index in [0.717, 1.165) is 0 Å². The van der Waals surface area contributed by atoms with E-state index in [4.69, 9.17) is 0 Å². The molecule has 4 aromatic carbocycles. The Kier molecular flexibility index (Phi) is 63.8. The summed E-state index contributed by atoms with van der Waals surface area (Å²) >= 11 is 0. The molecule has 499 valence electrons. The van der Waals surface area contributed by atoms with Crippen LogP contribution in [0.5, 0.6) is 46.5 Å². The monoisotopic (exact) mass is 1420 g/mol. The Labute approximate surface area is 519 Å². The van der Waals surface area contributed by atoms with Crippen LogP contribution in [0.3, 0.4) is 0 Å². The van der Waals surface area contributed by atoms with Crippen LogP contribution in [-0.4, -0.2) is 83.7 Å². The number of para-hydroxylation sites is 4. The van der Waals surface area contributed by atoms with E-state index in [9.17, 15) is 79.2 Å². The van der Waals surface area contributed by atoms with Crippen molar-refractivity contribution in [2.75, 3.05) is 0 Å². The molecule has 0 aliphatic heterocycles. The molecule has 8 rings (SSSR count). The summed E-state index contributed by atoms with van der Waals surface area (Å²) in [6.07, 6.45) is 0. The topological polar surface area (TPSA) is 996 Å². The van der Waals surface area contributed by atoms with E-state index in [1.165, 1.54) is 72.8 Å². The Morgan fingerprint density at radius 3 is 0.528 bits per heavy atom. The normalized spacial score (nSPS) is 8.81. The summed E-state index contributed by atoms with van der Waals surface area (Å²) in [4.78, 5) is 103. The summed E-state index contributed by atoms with van der Waals surface area (Å²) in [5.41, 5.74) is -9.93. The standard InChI is InChI=1S/4C10H8N4O4.3Co.14H2O/c4*15-6-4-2-1-3-5(6)13-14-7-8(16)11-10(18)12-9(7)17;;;;;;;;;;;;;;;;;/h4*1-4,15H,(H3,11,12,16,17,18);;;;14*1H2/q;;;;+2;2*+3;;;;;;;;;;;;;;/p-2. The van der Waals surface area contributed by atoms with Gasteiger partial charge >= 0.3 is 73.1 Å². The summed E-state index contributed by atoms with van der Waals surface area (Å²) in [5, 5.41) is 118. The van der Waals surface area contributed by atoms with Gasteiger partial charge in [0.25, 0.3) is 22.2 Å². The third kappa shape index (κ3) is 31.9. The summed E-state index contributed by atoms with van der Waals surface area (Å²) in [5.74, 6) is -5.42. The Hall–Kier alpha value is -10.6. The summed E-state index contributed by atoms with van der Waals surface area (Å²) in [6, 6.07) is 22.9. The van der Waals surface area contributed by atoms with Gasteiger partial charge in [-0.15, -0.1) is 20.5 Å². The second-order valence-electron chi connectivity index (χ2n) is 13.0. The van der Waals surface area contributed by atoms with E-state index in [1.807, 2.05) is 39.9 Å². The average Bonchev–Trinajstić information content (AvgIpc) is 3.30. The largest absolute Gasteiger partial charge is 3.00 e. The maximum atomic E-state index is 11.3. The van der Waals surface area contributed by atoms with Crippen molar-refractivity contribution in [1.29, 1.82) is 0 Å². The molecule has 8 aromatic rings. The molecule has 0 spiro atoms. The maximum absolute atomic E-state index is 11.3. The molecule has 46 nitrogen and oxygen atoms in total. The molecule has 0 unspecified atom stereocenters. The minimum absolute atomic E-state index is 0. The van der Waals surface area contributed by atoms with Crippen LogP contribution in [0.25, 0.3) is 0 Å². The van der Waals surface area contributed by atoms with Crippen molar-refractivity contribution in [3.05, 3.63) is 180 Å². The van der Waals surface area contributed by atoms with E-state index in [2.05, 4.69) is 40.9 Å². The number of rotatable bonds is 8. The van der Waals surface area contributed by atoms with Gasteiger partial charge in [-0.2, -0.15) is 20.5 Å². The van der Waals surface area contributed by atoms with E-state index in [-0.39, 0.29) is 150 Å². The summed E-state index contributed by atoms with van der Waals surface area (Å²) < 4.78 is 0. The molecule has 0 aliphatic carbocycles. The molecule has 0 saturated carbocycles. The zero-order chi connectivity index (χ0) is 52.5. The smallest absolute Gasteiger partial charge is 0.871 e. The number of benzene rings is 4. The molecule has 42 N–H and O–H groups in total. The summed E-state index contributed by atoms with van der Waals surface area (Å²) in [6.45, 7) is 0. The minimum atomic E-state index is -0.962. The van der Waals surface area contributed by atoms with Gasteiger partial charge in [-0.3, -0.25) is 39.1 Å². The Balaban J connectivity index is -0.0000000740. The maximum Gasteiger partial charge on any atom is 3.00 e. The van der Waals surface area contributed by atoms with Gasteiger partial charge in [0, 0.05) is 0 Å². The number of H-pyrrole nitrogens is 8. The molecule has 0 saturated heterocycles. The molecule has 0 aliphatic rings. The van der Waals surface area contributed by atoms with Gasteiger partial charge in [-0.1, -0.05) is 95.8 Å². The van der Waals surface area contributed by atoms with Crippen molar-refractivity contribution in [1.82, 2.24) is 39.9 Å². The summed E-state index contributed by atoms with van der Waals surface area (Å²) in [7, 11) is 0. The molecule has 4 heterocycles. The molecule has 89 heavy (non-hydrogen) atoms. The molecule has 0 fully saturated rings. The Bertz CT molecular complexity index is 3410. The quantitative estimate of drug-likeness (QED) is 0.0517. The van der Waals surface area contributed by atoms with Gasteiger partial charge in [0.15, 0.2) is 22.7 Å². The van der Waals surface area contributed by atoms with E-state index < -0.39 is 114 Å². The van der Waals surface area contributed by atoms with Crippen molar-refractivity contribution in [2.24, 2.45) is 40.9 Å². The zero-order valence-corrected chi connectivity index (χ0v) is 46.9. The van der Waals surface area contributed by atoms with E-state index in [0.29, 0.717) is 0 Å². The average molecular weight is 1420 g/mol. The van der Waals surface area contributed by atoms with Crippen molar-refractivity contribution in [2.45, 2.75) is 0 Å². The SMILES string of the molecule is O.O.O.O.O.O.O.O.O=c1[nH]c([O-])c(N=Nc2ccccc2[O-])c(=O)[nH]1.O=c1[nH]c([O-])c(N=Nc2ccccc2[O-])c(=O)[nH]1.O=c1[nH]c([O-])c(N=Nc2ccccc2[O-])c(=O)[nH]1.O=c1[nH]c([O-])c(N=Nc2ccccc2[O-])c(=O)[nH]1.[Co+2].[Co+3].[Co+3].[OH3+].[OH3+].[OH3+].[OH3+].[OH3+].[OH3+]. The zero-order valence-electron chi connectivity index (χ0n) is 43.8. The van der Waals surface area contributed by atoms with Crippen molar-refractivity contribution in [3.8, 4) is 46.5 Å². The van der Waals surface area contributed by atoms with Crippen LogP contribution in [0.2, 0.25) is 0 Å². The molecular formula is C40H58Co3N16O30+6. The van der Waals surface area contributed by atoms with E-state index >= 15 is 0 Å². The van der Waals surface area contributed by atoms with Crippen LogP contribution < -0.4 is 85.8 Å². The second kappa shape index (κ2) is 51.8. The fourth-order valence-corrected chi connectivity index (χ4v) is 4.77. The number of aromatic amines is 8. The third-order valence-electron chi connectivity index (χ3n) is 8.03. The number of aromatic nitrogens is 8. The minimum Gasteiger partial charge on any atom is -0.871 e. The molecule has 0 atom stereocenters. The van der Waals surface area contributed by atoms with Crippen LogP contribution in [0.15, 0.2) is 176 Å². The molecule has 49 heteroatoms. The molecule has 4 aromatic heterocycles. The van der Waals surface area contributed by atoms with Gasteiger partial charge in [-0.05, 0) is 47.8 Å². The third-order valence-corrected chi connectivity index (χ3v) is 8.03. The first-order valence-corrected chi connectivity index (χ1v) is 19.2. The molecule has 0 bridgehead atoms. The van der Waals surface area contributed by atoms with Gasteiger partial charge in [0.05, 0.1) is 22.7 Å². The number of azo groups is 4. The second-order valence-corrected chi connectivity index (χ2v) is 13.0. The van der Waals surface area contributed by atoms with Gasteiger partial charge in [0.1, 0.15) is 0 Å². The van der Waals surface area contributed by atoms with Crippen molar-refractivity contribution >= 4 is 45.5 Å². The molecule has 1 radical (unpaired) electrons. The van der Waals surface area contributed by atoms with Gasteiger partial charge in [-0.25, -0.2) is 19.2 Å².